The summed E-state index contributed by atoms with van der Waals surface area (Å²) in [6, 6.07) is 79.8. The molecule has 0 atom stereocenters. The zero-order valence-electron chi connectivity index (χ0n) is 40.6. The van der Waals surface area contributed by atoms with Crippen molar-refractivity contribution in [1.82, 2.24) is 0 Å². The highest BCUT2D eigenvalue weighted by Crippen LogP contribution is 2.34. The van der Waals surface area contributed by atoms with Crippen LogP contribution < -0.4 is 0 Å². The summed E-state index contributed by atoms with van der Waals surface area (Å²) in [5.41, 5.74) is 8.85. The molecule has 1 N–H and O–H groups in total. The first-order valence-corrected chi connectivity index (χ1v) is 23.9. The number of hydrogen-bond acceptors (Lipinski definition) is 2. The van der Waals surface area contributed by atoms with E-state index in [9.17, 15) is 36.2 Å². The second kappa shape index (κ2) is 24.0. The molecule has 0 amide bonds. The molecule has 0 aliphatic heterocycles. The standard InChI is InChI=1S/C34H23F3O.C25H18O.C9H5F3/c35-34(36,37)32-17-11-25(12-18-32)23-24-33(38,30-19-13-28(14-20-30)26-7-3-1-4-8-26)31-21-15-29(16-22-31)27-9-5-2-6-10-27;26-25(23-15-11-21(12-16-23)19-7-3-1-4-8-19)24-17-13-22(14-18-24)20-9-5-2-6-10-20;1-2-7-3-5-8(6-4-7)9(10,11)12/h1-22,38H;1-18H;1,3-6H. The van der Waals surface area contributed by atoms with Gasteiger partial charge in [-0.3, -0.25) is 4.79 Å². The molecule has 0 unspecified atom stereocenters. The lowest BCUT2D eigenvalue weighted by Crippen LogP contribution is -2.25. The molecule has 0 aliphatic rings. The van der Waals surface area contributed by atoms with Crippen LogP contribution in [0.3, 0.4) is 0 Å². The maximum absolute atomic E-state index is 13.0. The zero-order chi connectivity index (χ0) is 53.5. The number of aliphatic hydroxyl groups is 1. The van der Waals surface area contributed by atoms with E-state index in [0.717, 1.165) is 68.8 Å². The van der Waals surface area contributed by atoms with Gasteiger partial charge < -0.3 is 5.11 Å². The molecule has 2 nitrogen and oxygen atoms in total. The zero-order valence-corrected chi connectivity index (χ0v) is 40.6. The maximum Gasteiger partial charge on any atom is 0.416 e. The van der Waals surface area contributed by atoms with E-state index in [2.05, 4.69) is 42.0 Å². The fraction of sp³-hybridized carbons (Fsp3) is 0.0441. The number of hydrogen-bond donors (Lipinski definition) is 1. The number of ketones is 1. The molecule has 10 aromatic carbocycles. The first kappa shape index (κ1) is 52.8. The molecule has 8 heteroatoms. The number of benzene rings is 10. The van der Waals surface area contributed by atoms with E-state index in [4.69, 9.17) is 6.42 Å². The van der Waals surface area contributed by atoms with E-state index in [1.165, 1.54) is 24.3 Å². The molecule has 10 rings (SSSR count). The molecule has 0 fully saturated rings. The summed E-state index contributed by atoms with van der Waals surface area (Å²) in [4.78, 5) is 12.7. The van der Waals surface area contributed by atoms with Crippen molar-refractivity contribution >= 4 is 5.78 Å². The SMILES string of the molecule is C#Cc1ccc(C(F)(F)F)cc1.O=C(c1ccc(-c2ccccc2)cc1)c1ccc(-c2ccccc2)cc1.OC(C#Cc1ccc(C(F)(F)F)cc1)(c1ccc(-c2ccccc2)cc1)c1ccc(-c2ccccc2)cc1. The van der Waals surface area contributed by atoms with Crippen LogP contribution in [0.5, 0.6) is 0 Å². The van der Waals surface area contributed by atoms with Crippen LogP contribution in [-0.4, -0.2) is 10.9 Å². The topological polar surface area (TPSA) is 37.3 Å². The lowest BCUT2D eigenvalue weighted by atomic mass is 9.85. The van der Waals surface area contributed by atoms with Gasteiger partial charge in [0.25, 0.3) is 0 Å². The van der Waals surface area contributed by atoms with Crippen molar-refractivity contribution < 1.29 is 36.2 Å². The van der Waals surface area contributed by atoms with Gasteiger partial charge in [-0.15, -0.1) is 6.42 Å². The molecule has 10 aromatic rings. The van der Waals surface area contributed by atoms with Gasteiger partial charge in [0.2, 0.25) is 0 Å². The number of carbonyl (C=O) groups is 1. The molecule has 0 heterocycles. The second-order valence-electron chi connectivity index (χ2n) is 17.4. The summed E-state index contributed by atoms with van der Waals surface area (Å²) in [6.07, 6.45) is -3.73. The Bertz CT molecular complexity index is 3390. The van der Waals surface area contributed by atoms with Crippen molar-refractivity contribution in [2.75, 3.05) is 0 Å². The lowest BCUT2D eigenvalue weighted by molar-refractivity contribution is -0.138. The Morgan fingerprint density at radius 3 is 0.855 bits per heavy atom. The Labute approximate surface area is 438 Å². The lowest BCUT2D eigenvalue weighted by Gasteiger charge is -2.24. The van der Waals surface area contributed by atoms with Crippen LogP contribution in [0.1, 0.15) is 49.3 Å². The van der Waals surface area contributed by atoms with Crippen LogP contribution in [0.15, 0.2) is 267 Å². The quantitative estimate of drug-likeness (QED) is 0.0936. The third-order valence-corrected chi connectivity index (χ3v) is 12.3. The third kappa shape index (κ3) is 13.6. The van der Waals surface area contributed by atoms with Gasteiger partial charge in [0.15, 0.2) is 11.4 Å². The largest absolute Gasteiger partial charge is 0.416 e. The molecular weight excluding hydrogens is 963 g/mol. The Balaban J connectivity index is 0.000000173. The Morgan fingerprint density at radius 1 is 0.329 bits per heavy atom. The number of rotatable bonds is 8. The van der Waals surface area contributed by atoms with E-state index in [1.807, 2.05) is 194 Å². The summed E-state index contributed by atoms with van der Waals surface area (Å²) < 4.78 is 74.8. The molecule has 0 bridgehead atoms. The van der Waals surface area contributed by atoms with Crippen molar-refractivity contribution in [2.24, 2.45) is 0 Å². The average molecular weight is 1010 g/mol. The first-order chi connectivity index (χ1) is 36.7. The van der Waals surface area contributed by atoms with Gasteiger partial charge in [-0.1, -0.05) is 236 Å². The summed E-state index contributed by atoms with van der Waals surface area (Å²) in [7, 11) is 0. The van der Waals surface area contributed by atoms with Crippen molar-refractivity contribution in [3.05, 3.63) is 311 Å². The fourth-order valence-electron chi connectivity index (χ4n) is 8.10. The van der Waals surface area contributed by atoms with E-state index < -0.39 is 29.1 Å². The molecular formula is C68H46F6O2. The molecule has 0 spiro atoms. The van der Waals surface area contributed by atoms with Gasteiger partial charge in [-0.2, -0.15) is 26.3 Å². The minimum atomic E-state index is -4.42. The molecule has 0 saturated heterocycles. The number of halogens is 6. The Morgan fingerprint density at radius 2 is 0.579 bits per heavy atom. The van der Waals surface area contributed by atoms with Gasteiger partial charge in [0, 0.05) is 33.4 Å². The summed E-state index contributed by atoms with van der Waals surface area (Å²) >= 11 is 0. The molecule has 0 aliphatic carbocycles. The predicted molar refractivity (Wildman–Crippen MR) is 292 cm³/mol. The van der Waals surface area contributed by atoms with Crippen LogP contribution >= 0.6 is 0 Å². The van der Waals surface area contributed by atoms with E-state index in [-0.39, 0.29) is 5.78 Å². The fourth-order valence-corrected chi connectivity index (χ4v) is 8.10. The molecule has 0 saturated carbocycles. The maximum atomic E-state index is 13.0. The van der Waals surface area contributed by atoms with Crippen LogP contribution in [0.25, 0.3) is 44.5 Å². The molecule has 0 radical (unpaired) electrons. The minimum Gasteiger partial charge on any atom is -0.369 e. The monoisotopic (exact) mass is 1010 g/mol. The van der Waals surface area contributed by atoms with Crippen molar-refractivity contribution in [2.45, 2.75) is 18.0 Å². The summed E-state index contributed by atoms with van der Waals surface area (Å²) in [6.45, 7) is 0. The first-order valence-electron chi connectivity index (χ1n) is 23.9. The Kier molecular flexibility index (Phi) is 16.7. The van der Waals surface area contributed by atoms with Gasteiger partial charge in [0.1, 0.15) is 0 Å². The number of terminal acetylenes is 1. The second-order valence-corrected chi connectivity index (χ2v) is 17.4. The highest BCUT2D eigenvalue weighted by Gasteiger charge is 2.32. The third-order valence-electron chi connectivity index (χ3n) is 12.3. The summed E-state index contributed by atoms with van der Waals surface area (Å²) in [5.74, 6) is 8.12. The molecule has 372 valence electrons. The highest BCUT2D eigenvalue weighted by atomic mass is 19.4. The summed E-state index contributed by atoms with van der Waals surface area (Å²) in [5, 5.41) is 12.0. The van der Waals surface area contributed by atoms with Crippen molar-refractivity contribution in [3.63, 3.8) is 0 Å². The van der Waals surface area contributed by atoms with Gasteiger partial charge in [-0.25, -0.2) is 0 Å². The van der Waals surface area contributed by atoms with Gasteiger partial charge >= 0.3 is 12.4 Å². The number of carbonyl (C=O) groups excluding carboxylic acids is 1. The van der Waals surface area contributed by atoms with Crippen LogP contribution in [-0.2, 0) is 18.0 Å². The van der Waals surface area contributed by atoms with Crippen molar-refractivity contribution in [3.8, 4) is 68.7 Å². The van der Waals surface area contributed by atoms with E-state index >= 15 is 0 Å². The van der Waals surface area contributed by atoms with E-state index in [0.29, 0.717) is 33.4 Å². The van der Waals surface area contributed by atoms with Crippen LogP contribution in [0, 0.1) is 24.2 Å². The van der Waals surface area contributed by atoms with Crippen LogP contribution in [0.2, 0.25) is 0 Å². The molecule has 76 heavy (non-hydrogen) atoms. The van der Waals surface area contributed by atoms with Crippen molar-refractivity contribution in [1.29, 1.82) is 0 Å². The van der Waals surface area contributed by atoms with Gasteiger partial charge in [-0.05, 0) is 93.0 Å². The smallest absolute Gasteiger partial charge is 0.369 e. The highest BCUT2D eigenvalue weighted by molar-refractivity contribution is 6.09. The molecule has 0 aromatic heterocycles. The Hall–Kier alpha value is -9.47. The normalized spacial score (nSPS) is 11.0. The van der Waals surface area contributed by atoms with Gasteiger partial charge in [0.05, 0.1) is 11.1 Å². The predicted octanol–water partition coefficient (Wildman–Crippen LogP) is 17.3. The number of alkyl halides is 6. The minimum absolute atomic E-state index is 0.0456. The van der Waals surface area contributed by atoms with E-state index in [1.54, 1.807) is 0 Å². The average Bonchev–Trinajstić information content (AvgIpc) is 3.48. The van der Waals surface area contributed by atoms with Crippen LogP contribution in [0.4, 0.5) is 26.3 Å².